The summed E-state index contributed by atoms with van der Waals surface area (Å²) in [6.07, 6.45) is -3.78. The van der Waals surface area contributed by atoms with Gasteiger partial charge in [-0.25, -0.2) is 4.39 Å². The third-order valence-electron chi connectivity index (χ3n) is 1.46. The molecule has 0 radical (unpaired) electrons. The van der Waals surface area contributed by atoms with Crippen molar-refractivity contribution in [2.75, 3.05) is 0 Å². The Kier molecular flexibility index (Phi) is 1.69. The number of hydrogen-bond donors (Lipinski definition) is 0. The third kappa shape index (κ3) is 1.35. The molecule has 0 saturated carbocycles. The van der Waals surface area contributed by atoms with Crippen molar-refractivity contribution in [2.45, 2.75) is 6.29 Å². The second kappa shape index (κ2) is 2.54. The Morgan fingerprint density at radius 1 is 1.15 bits per heavy atom. The summed E-state index contributed by atoms with van der Waals surface area (Å²) < 4.78 is 46.0. The molecule has 1 aromatic rings. The number of ether oxygens (including phenoxy) is 2. The third-order valence-corrected chi connectivity index (χ3v) is 2.08. The molecule has 1 aliphatic rings. The number of fused-ring (bicyclic) bond motifs is 1. The van der Waals surface area contributed by atoms with Crippen molar-refractivity contribution in [3.05, 3.63) is 22.4 Å². The highest BCUT2D eigenvalue weighted by Gasteiger charge is 2.45. The Morgan fingerprint density at radius 2 is 1.77 bits per heavy atom. The van der Waals surface area contributed by atoms with Crippen LogP contribution in [0, 0.1) is 5.82 Å². The van der Waals surface area contributed by atoms with Crippen molar-refractivity contribution >= 4 is 15.9 Å². The number of hydrogen-bond acceptors (Lipinski definition) is 2. The lowest BCUT2D eigenvalue weighted by Crippen LogP contribution is -2.26. The Balaban J connectivity index is 2.56. The highest BCUT2D eigenvalue weighted by molar-refractivity contribution is 9.10. The molecule has 0 saturated heterocycles. The molecule has 2 nitrogen and oxygen atoms in total. The fourth-order valence-corrected chi connectivity index (χ4v) is 1.36. The van der Waals surface area contributed by atoms with E-state index in [1.165, 1.54) is 6.07 Å². The molecule has 0 bridgehead atoms. The Morgan fingerprint density at radius 3 is 2.38 bits per heavy atom. The van der Waals surface area contributed by atoms with Crippen molar-refractivity contribution in [3.8, 4) is 11.5 Å². The van der Waals surface area contributed by atoms with E-state index in [1.54, 1.807) is 0 Å². The molecule has 1 aromatic carbocycles. The van der Waals surface area contributed by atoms with Crippen LogP contribution in [0.1, 0.15) is 0 Å². The molecule has 0 N–H and O–H groups in total. The van der Waals surface area contributed by atoms with Gasteiger partial charge in [0.2, 0.25) is 5.75 Å². The van der Waals surface area contributed by atoms with E-state index in [0.29, 0.717) is 0 Å². The average molecular weight is 255 g/mol. The van der Waals surface area contributed by atoms with E-state index in [0.717, 1.165) is 6.07 Å². The van der Waals surface area contributed by atoms with Crippen LogP contribution in [0.25, 0.3) is 0 Å². The van der Waals surface area contributed by atoms with Gasteiger partial charge in [-0.15, -0.1) is 8.78 Å². The highest BCUT2D eigenvalue weighted by atomic mass is 79.9. The van der Waals surface area contributed by atoms with Gasteiger partial charge >= 0.3 is 6.29 Å². The molecule has 0 amide bonds. The van der Waals surface area contributed by atoms with Gasteiger partial charge in [0.25, 0.3) is 0 Å². The summed E-state index contributed by atoms with van der Waals surface area (Å²) in [5.41, 5.74) is 0. The molecule has 0 fully saturated rings. The standard InChI is InChI=1S/C7H2BrF3O2/c8-3-1-2-4(9)6-5(3)12-7(10,11)13-6/h1-2H. The van der Waals surface area contributed by atoms with Gasteiger partial charge < -0.3 is 9.47 Å². The number of alkyl halides is 2. The summed E-state index contributed by atoms with van der Waals surface area (Å²) in [5.74, 6) is -1.76. The molecule has 0 aliphatic carbocycles. The molecule has 0 aromatic heterocycles. The molecule has 13 heavy (non-hydrogen) atoms. The first-order chi connectivity index (χ1) is 5.99. The molecule has 0 atom stereocenters. The average Bonchev–Trinajstić information content (AvgIpc) is 2.35. The second-order valence-corrected chi connectivity index (χ2v) is 3.21. The molecule has 1 heterocycles. The maximum Gasteiger partial charge on any atom is 0.586 e. The predicted octanol–water partition coefficient (Wildman–Crippen LogP) is 2.91. The van der Waals surface area contributed by atoms with E-state index in [-0.39, 0.29) is 10.2 Å². The number of benzene rings is 1. The van der Waals surface area contributed by atoms with Crippen LogP contribution in [0.2, 0.25) is 0 Å². The van der Waals surface area contributed by atoms with E-state index in [1.807, 2.05) is 0 Å². The van der Waals surface area contributed by atoms with Crippen molar-refractivity contribution in [3.63, 3.8) is 0 Å². The summed E-state index contributed by atoms with van der Waals surface area (Å²) in [5, 5.41) is 0. The summed E-state index contributed by atoms with van der Waals surface area (Å²) in [4.78, 5) is 0. The topological polar surface area (TPSA) is 18.5 Å². The molecule has 0 spiro atoms. The van der Waals surface area contributed by atoms with Crippen LogP contribution in [-0.4, -0.2) is 6.29 Å². The van der Waals surface area contributed by atoms with Crippen LogP contribution in [0.15, 0.2) is 16.6 Å². The molecule has 0 unspecified atom stereocenters. The SMILES string of the molecule is Fc1ccc(Br)c2c1OC(F)(F)O2. The van der Waals surface area contributed by atoms with E-state index in [2.05, 4.69) is 25.4 Å². The van der Waals surface area contributed by atoms with Gasteiger partial charge in [-0.3, -0.25) is 0 Å². The zero-order valence-electron chi connectivity index (χ0n) is 5.98. The zero-order valence-corrected chi connectivity index (χ0v) is 7.57. The van der Waals surface area contributed by atoms with Crippen molar-refractivity contribution in [1.29, 1.82) is 0 Å². The fraction of sp³-hybridized carbons (Fsp3) is 0.143. The summed E-state index contributed by atoms with van der Waals surface area (Å²) in [7, 11) is 0. The van der Waals surface area contributed by atoms with Gasteiger partial charge in [-0.05, 0) is 28.1 Å². The summed E-state index contributed by atoms with van der Waals surface area (Å²) in [6, 6.07) is 2.27. The van der Waals surface area contributed by atoms with E-state index in [4.69, 9.17) is 0 Å². The maximum absolute atomic E-state index is 12.9. The molecular formula is C7H2BrF3O2. The highest BCUT2D eigenvalue weighted by Crippen LogP contribution is 2.46. The smallest absolute Gasteiger partial charge is 0.394 e. The number of rotatable bonds is 0. The second-order valence-electron chi connectivity index (χ2n) is 2.35. The van der Waals surface area contributed by atoms with Gasteiger partial charge in [0.05, 0.1) is 4.47 Å². The first-order valence-electron chi connectivity index (χ1n) is 3.23. The minimum Gasteiger partial charge on any atom is -0.394 e. The number of halogens is 4. The van der Waals surface area contributed by atoms with Crippen LogP contribution in [-0.2, 0) is 0 Å². The molecular weight excluding hydrogens is 253 g/mol. The van der Waals surface area contributed by atoms with Crippen LogP contribution < -0.4 is 9.47 Å². The van der Waals surface area contributed by atoms with Crippen LogP contribution in [0.4, 0.5) is 13.2 Å². The summed E-state index contributed by atoms with van der Waals surface area (Å²) >= 11 is 2.93. The molecule has 70 valence electrons. The Labute approximate surface area is 79.4 Å². The van der Waals surface area contributed by atoms with Gasteiger partial charge in [0.1, 0.15) is 0 Å². The van der Waals surface area contributed by atoms with Gasteiger partial charge in [-0.2, -0.15) is 0 Å². The van der Waals surface area contributed by atoms with Crippen LogP contribution >= 0.6 is 15.9 Å². The van der Waals surface area contributed by atoms with Crippen LogP contribution in [0.5, 0.6) is 11.5 Å². The maximum atomic E-state index is 12.9. The van der Waals surface area contributed by atoms with E-state index in [9.17, 15) is 13.2 Å². The van der Waals surface area contributed by atoms with Gasteiger partial charge in [0, 0.05) is 0 Å². The predicted molar refractivity (Wildman–Crippen MR) is 40.3 cm³/mol. The lowest BCUT2D eigenvalue weighted by atomic mass is 10.3. The summed E-state index contributed by atoms with van der Waals surface area (Å²) in [6.45, 7) is 0. The monoisotopic (exact) mass is 254 g/mol. The Hall–Kier alpha value is -0.910. The van der Waals surface area contributed by atoms with Crippen molar-refractivity contribution in [1.82, 2.24) is 0 Å². The van der Waals surface area contributed by atoms with Gasteiger partial charge in [-0.1, -0.05) is 0 Å². The normalized spacial score (nSPS) is 17.5. The zero-order chi connectivity index (χ0) is 9.64. The minimum atomic E-state index is -3.78. The fourth-order valence-electron chi connectivity index (χ4n) is 0.963. The molecule has 2 rings (SSSR count). The van der Waals surface area contributed by atoms with Crippen molar-refractivity contribution < 1.29 is 22.6 Å². The molecule has 1 aliphatic heterocycles. The Bertz CT molecular complexity index is 334. The largest absolute Gasteiger partial charge is 0.586 e. The quantitative estimate of drug-likeness (QED) is 0.709. The van der Waals surface area contributed by atoms with Gasteiger partial charge in [0.15, 0.2) is 11.6 Å². The van der Waals surface area contributed by atoms with E-state index >= 15 is 0 Å². The van der Waals surface area contributed by atoms with Crippen LogP contribution in [0.3, 0.4) is 0 Å². The minimum absolute atomic E-state index is 0.223. The van der Waals surface area contributed by atoms with Crippen molar-refractivity contribution in [2.24, 2.45) is 0 Å². The van der Waals surface area contributed by atoms with E-state index < -0.39 is 17.9 Å². The molecule has 6 heteroatoms. The first kappa shape index (κ1) is 8.68. The lowest BCUT2D eigenvalue weighted by Gasteiger charge is -2.04. The first-order valence-corrected chi connectivity index (χ1v) is 4.03. The lowest BCUT2D eigenvalue weighted by molar-refractivity contribution is -0.287.